The van der Waals surface area contributed by atoms with Crippen molar-refractivity contribution >= 4 is 17.6 Å². The third-order valence-electron chi connectivity index (χ3n) is 6.17. The average Bonchev–Trinajstić information content (AvgIpc) is 2.81. The molecule has 2 fully saturated rings. The first-order valence-electron chi connectivity index (χ1n) is 10.8. The number of carbonyl (C=O) groups is 2. The summed E-state index contributed by atoms with van der Waals surface area (Å²) >= 11 is 0. The molecule has 1 aliphatic carbocycles. The minimum Gasteiger partial charge on any atom is -0.355 e. The number of nitrogens with one attached hydrogen (secondary N) is 2. The number of anilines is 1. The molecular formula is C22H27FN6O2. The van der Waals surface area contributed by atoms with E-state index in [1.165, 1.54) is 12.3 Å². The molecule has 31 heavy (non-hydrogen) atoms. The molecule has 9 heteroatoms. The molecule has 2 aromatic rings. The molecule has 2 aromatic heterocycles. The lowest BCUT2D eigenvalue weighted by molar-refractivity contribution is -0.126. The van der Waals surface area contributed by atoms with Gasteiger partial charge in [-0.05, 0) is 44.6 Å². The molecule has 0 aromatic carbocycles. The highest BCUT2D eigenvalue weighted by atomic mass is 19.1. The van der Waals surface area contributed by atoms with E-state index in [4.69, 9.17) is 0 Å². The zero-order valence-electron chi connectivity index (χ0n) is 17.3. The summed E-state index contributed by atoms with van der Waals surface area (Å²) in [5, 5.41) is 6.09. The normalized spacial score (nSPS) is 22.0. The van der Waals surface area contributed by atoms with E-state index in [-0.39, 0.29) is 29.5 Å². The fourth-order valence-electron chi connectivity index (χ4n) is 4.35. The van der Waals surface area contributed by atoms with E-state index in [0.29, 0.717) is 25.7 Å². The number of carbonyl (C=O) groups excluding carboxylic acids is 2. The first-order chi connectivity index (χ1) is 15.1. The van der Waals surface area contributed by atoms with Crippen LogP contribution in [-0.2, 0) is 4.79 Å². The predicted octanol–water partition coefficient (Wildman–Crippen LogP) is 2.08. The number of hydrogen-bond acceptors (Lipinski definition) is 6. The summed E-state index contributed by atoms with van der Waals surface area (Å²) in [6.07, 6.45) is 12.2. The number of pyridine rings is 1. The van der Waals surface area contributed by atoms with Gasteiger partial charge in [0.2, 0.25) is 5.91 Å². The molecule has 2 aliphatic rings. The second-order valence-electron chi connectivity index (χ2n) is 8.21. The van der Waals surface area contributed by atoms with Gasteiger partial charge in [-0.3, -0.25) is 19.6 Å². The van der Waals surface area contributed by atoms with Crippen molar-refractivity contribution < 1.29 is 14.0 Å². The standard InChI is InChI=1S/C22H27FN6O2/c23-19-13-24-8-5-18(19)22(31)28-16-3-1-15(2-4-16)21(30)27-17-6-11-29(12-7-17)20-14-25-9-10-26-20/h5,8-10,13-17H,1-4,6-7,11-12H2,(H,27,30)(H,28,31). The maximum Gasteiger partial charge on any atom is 0.254 e. The highest BCUT2D eigenvalue weighted by Crippen LogP contribution is 2.26. The van der Waals surface area contributed by atoms with E-state index in [1.807, 2.05) is 0 Å². The van der Waals surface area contributed by atoms with Gasteiger partial charge >= 0.3 is 0 Å². The lowest BCUT2D eigenvalue weighted by atomic mass is 9.85. The van der Waals surface area contributed by atoms with Gasteiger partial charge in [-0.15, -0.1) is 0 Å². The van der Waals surface area contributed by atoms with Gasteiger partial charge in [-0.25, -0.2) is 9.37 Å². The Morgan fingerprint density at radius 1 is 0.903 bits per heavy atom. The zero-order valence-corrected chi connectivity index (χ0v) is 17.3. The molecule has 0 spiro atoms. The van der Waals surface area contributed by atoms with Crippen molar-refractivity contribution in [2.75, 3.05) is 18.0 Å². The van der Waals surface area contributed by atoms with E-state index in [9.17, 15) is 14.0 Å². The van der Waals surface area contributed by atoms with Crippen molar-refractivity contribution in [3.8, 4) is 0 Å². The van der Waals surface area contributed by atoms with Crippen LogP contribution in [0.2, 0.25) is 0 Å². The molecule has 8 nitrogen and oxygen atoms in total. The van der Waals surface area contributed by atoms with Crippen molar-refractivity contribution in [2.24, 2.45) is 5.92 Å². The van der Waals surface area contributed by atoms with Crippen LogP contribution < -0.4 is 15.5 Å². The Bertz CT molecular complexity index is 896. The van der Waals surface area contributed by atoms with Crippen molar-refractivity contribution in [1.29, 1.82) is 0 Å². The molecule has 164 valence electrons. The summed E-state index contributed by atoms with van der Waals surface area (Å²) in [4.78, 5) is 39.3. The lowest BCUT2D eigenvalue weighted by Gasteiger charge is -2.34. The van der Waals surface area contributed by atoms with E-state index >= 15 is 0 Å². The van der Waals surface area contributed by atoms with E-state index in [1.54, 1.807) is 18.6 Å². The molecule has 0 atom stereocenters. The van der Waals surface area contributed by atoms with Gasteiger partial charge in [-0.2, -0.15) is 0 Å². The number of piperidine rings is 1. The first-order valence-corrected chi connectivity index (χ1v) is 10.8. The quantitative estimate of drug-likeness (QED) is 0.759. The van der Waals surface area contributed by atoms with Crippen LogP contribution in [-0.4, -0.2) is 51.9 Å². The minimum atomic E-state index is -0.626. The first kappa shape index (κ1) is 21.1. The summed E-state index contributed by atoms with van der Waals surface area (Å²) in [6, 6.07) is 1.51. The maximum atomic E-state index is 13.7. The summed E-state index contributed by atoms with van der Waals surface area (Å²) in [5.41, 5.74) is 0.00249. The molecule has 0 radical (unpaired) electrons. The Morgan fingerprint density at radius 3 is 2.29 bits per heavy atom. The predicted molar refractivity (Wildman–Crippen MR) is 113 cm³/mol. The highest BCUT2D eigenvalue weighted by Gasteiger charge is 2.30. The molecule has 1 aliphatic heterocycles. The van der Waals surface area contributed by atoms with Gasteiger partial charge in [0.25, 0.3) is 5.91 Å². The zero-order chi connectivity index (χ0) is 21.6. The topological polar surface area (TPSA) is 100 Å². The fraction of sp³-hybridized carbons (Fsp3) is 0.500. The van der Waals surface area contributed by atoms with Crippen molar-refractivity contribution in [2.45, 2.75) is 50.6 Å². The highest BCUT2D eigenvalue weighted by molar-refractivity contribution is 5.94. The van der Waals surface area contributed by atoms with Crippen LogP contribution in [0.5, 0.6) is 0 Å². The SMILES string of the molecule is O=C(NC1CCC(C(=O)NC2CCN(c3cnccn3)CC2)CC1)c1ccncc1F. The fourth-order valence-corrected chi connectivity index (χ4v) is 4.35. The van der Waals surface area contributed by atoms with Crippen LogP contribution in [0.1, 0.15) is 48.9 Å². The van der Waals surface area contributed by atoms with Gasteiger partial charge in [0, 0.05) is 49.7 Å². The average molecular weight is 426 g/mol. The van der Waals surface area contributed by atoms with Gasteiger partial charge in [-0.1, -0.05) is 0 Å². The minimum absolute atomic E-state index is 0.00249. The number of hydrogen-bond donors (Lipinski definition) is 2. The molecule has 2 N–H and O–H groups in total. The van der Waals surface area contributed by atoms with Crippen LogP contribution >= 0.6 is 0 Å². The Morgan fingerprint density at radius 2 is 1.61 bits per heavy atom. The van der Waals surface area contributed by atoms with E-state index in [2.05, 4.69) is 30.5 Å². The molecule has 3 heterocycles. The monoisotopic (exact) mass is 426 g/mol. The Labute approximate surface area is 180 Å². The van der Waals surface area contributed by atoms with Crippen LogP contribution in [0.25, 0.3) is 0 Å². The molecule has 2 amide bonds. The molecule has 0 unspecified atom stereocenters. The molecule has 1 saturated heterocycles. The third-order valence-corrected chi connectivity index (χ3v) is 6.17. The molecule has 1 saturated carbocycles. The number of aromatic nitrogens is 3. The van der Waals surface area contributed by atoms with Gasteiger partial charge in [0.1, 0.15) is 5.82 Å². The van der Waals surface area contributed by atoms with Crippen LogP contribution in [0.4, 0.5) is 10.2 Å². The van der Waals surface area contributed by atoms with Crippen molar-refractivity contribution in [1.82, 2.24) is 25.6 Å². The summed E-state index contributed by atoms with van der Waals surface area (Å²) in [5.74, 6) is -0.118. The largest absolute Gasteiger partial charge is 0.355 e. The summed E-state index contributed by atoms with van der Waals surface area (Å²) in [6.45, 7) is 1.68. The summed E-state index contributed by atoms with van der Waals surface area (Å²) in [7, 11) is 0. The second kappa shape index (κ2) is 9.80. The molecular weight excluding hydrogens is 399 g/mol. The van der Waals surface area contributed by atoms with Crippen LogP contribution in [0.15, 0.2) is 37.1 Å². The van der Waals surface area contributed by atoms with E-state index in [0.717, 1.165) is 37.9 Å². The lowest BCUT2D eigenvalue weighted by Crippen LogP contribution is -2.47. The Balaban J connectivity index is 1.19. The number of amides is 2. The van der Waals surface area contributed by atoms with E-state index < -0.39 is 11.7 Å². The van der Waals surface area contributed by atoms with Crippen LogP contribution in [0.3, 0.4) is 0 Å². The summed E-state index contributed by atoms with van der Waals surface area (Å²) < 4.78 is 13.7. The Hall–Kier alpha value is -3.10. The van der Waals surface area contributed by atoms with Gasteiger partial charge in [0.05, 0.1) is 18.0 Å². The molecule has 4 rings (SSSR count). The smallest absolute Gasteiger partial charge is 0.254 e. The van der Waals surface area contributed by atoms with Crippen molar-refractivity contribution in [3.05, 3.63) is 48.4 Å². The maximum absolute atomic E-state index is 13.7. The third kappa shape index (κ3) is 5.34. The second-order valence-corrected chi connectivity index (χ2v) is 8.21. The van der Waals surface area contributed by atoms with Crippen LogP contribution in [0, 0.1) is 11.7 Å². The van der Waals surface area contributed by atoms with Crippen molar-refractivity contribution in [3.63, 3.8) is 0 Å². The molecule has 0 bridgehead atoms. The Kier molecular flexibility index (Phi) is 6.69. The number of nitrogens with zero attached hydrogens (tertiary/aromatic N) is 4. The number of halogens is 1. The van der Waals surface area contributed by atoms with Gasteiger partial charge < -0.3 is 15.5 Å². The number of rotatable bonds is 5. The van der Waals surface area contributed by atoms with Gasteiger partial charge in [0.15, 0.2) is 5.82 Å².